The van der Waals surface area contributed by atoms with Gasteiger partial charge in [-0.1, -0.05) is 49.5 Å². The molecule has 0 atom stereocenters. The van der Waals surface area contributed by atoms with Gasteiger partial charge in [0.15, 0.2) is 6.73 Å². The van der Waals surface area contributed by atoms with Crippen LogP contribution in [0.5, 0.6) is 0 Å². The Morgan fingerprint density at radius 3 is 2.44 bits per heavy atom. The number of hydrogen-bond acceptors (Lipinski definition) is 9. The van der Waals surface area contributed by atoms with Crippen LogP contribution >= 0.6 is 0 Å². The molecule has 2 aromatic heterocycles. The van der Waals surface area contributed by atoms with E-state index in [1.807, 2.05) is 44.0 Å². The Balaban J connectivity index is 1.32. The van der Waals surface area contributed by atoms with Gasteiger partial charge in [0, 0.05) is 70.4 Å². The zero-order valence-corrected chi connectivity index (χ0v) is 34.0. The van der Waals surface area contributed by atoms with Crippen LogP contribution < -0.4 is 10.2 Å². The Bertz CT molecular complexity index is 2010. The van der Waals surface area contributed by atoms with Crippen molar-refractivity contribution >= 4 is 42.4 Å². The highest BCUT2D eigenvalue weighted by Gasteiger charge is 2.27. The zero-order chi connectivity index (χ0) is 38.6. The van der Waals surface area contributed by atoms with Crippen molar-refractivity contribution < 1.29 is 23.8 Å². The minimum atomic E-state index is -1.29. The second-order valence-corrected chi connectivity index (χ2v) is 22.2. The van der Waals surface area contributed by atoms with Crippen LogP contribution in [0.15, 0.2) is 78.9 Å². The summed E-state index contributed by atoms with van der Waals surface area (Å²) < 4.78 is 21.8. The Labute approximate surface area is 319 Å². The number of likely N-dealkylation sites (N-methyl/N-ethyl adjacent to an activating group) is 1. The van der Waals surface area contributed by atoms with Crippen molar-refractivity contribution in [3.05, 3.63) is 101 Å². The fraction of sp³-hybridized carbons (Fsp3) is 0.439. The fourth-order valence-corrected chi connectivity index (χ4v) is 7.02. The van der Waals surface area contributed by atoms with Gasteiger partial charge in [-0.05, 0) is 70.6 Å². The molecule has 1 fully saturated rings. The lowest BCUT2D eigenvalue weighted by atomic mass is 10.1. The van der Waals surface area contributed by atoms with Crippen LogP contribution in [0.2, 0.25) is 25.7 Å². The van der Waals surface area contributed by atoms with Gasteiger partial charge in [-0.15, -0.1) is 0 Å². The van der Waals surface area contributed by atoms with Crippen LogP contribution in [0.3, 0.4) is 0 Å². The van der Waals surface area contributed by atoms with E-state index in [1.54, 1.807) is 27.7 Å². The van der Waals surface area contributed by atoms with Crippen LogP contribution in [0.25, 0.3) is 16.7 Å². The van der Waals surface area contributed by atoms with Crippen molar-refractivity contribution in [3.63, 3.8) is 0 Å². The van der Waals surface area contributed by atoms with Crippen molar-refractivity contribution in [3.8, 4) is 0 Å². The molecule has 0 radical (unpaired) electrons. The summed E-state index contributed by atoms with van der Waals surface area (Å²) in [4.78, 5) is 34.2. The van der Waals surface area contributed by atoms with E-state index in [0.29, 0.717) is 41.4 Å². The van der Waals surface area contributed by atoms with Crippen LogP contribution in [-0.2, 0) is 20.8 Å². The minimum Gasteiger partial charge on any atom is -0.471 e. The predicted octanol–water partition coefficient (Wildman–Crippen LogP) is 6.94. The molecule has 0 aliphatic carbocycles. The molecule has 2 aliphatic rings. The number of carbonyl (C=O) groups is 2. The summed E-state index contributed by atoms with van der Waals surface area (Å²) in [5.74, 6) is 0.0856. The minimum absolute atomic E-state index is 0.134. The molecule has 54 heavy (non-hydrogen) atoms. The first-order valence-corrected chi connectivity index (χ1v) is 22.4. The van der Waals surface area contributed by atoms with Gasteiger partial charge in [-0.25, -0.2) is 9.36 Å². The molecule has 4 aromatic rings. The third kappa shape index (κ3) is 10.2. The molecule has 6 rings (SSSR count). The molecule has 2 aromatic carbocycles. The monoisotopic (exact) mass is 753 g/mol. The van der Waals surface area contributed by atoms with Gasteiger partial charge in [-0.3, -0.25) is 9.48 Å². The third-order valence-electron chi connectivity index (χ3n) is 9.35. The van der Waals surface area contributed by atoms with E-state index in [9.17, 15) is 9.59 Å². The molecule has 0 unspecified atom stereocenters. The van der Waals surface area contributed by atoms with E-state index in [1.165, 1.54) is 5.56 Å². The second kappa shape index (κ2) is 16.3. The molecule has 0 bridgehead atoms. The molecule has 13 heteroatoms. The molecule has 0 saturated carbocycles. The lowest BCUT2D eigenvalue weighted by molar-refractivity contribution is 0.0180. The molecule has 2 aliphatic heterocycles. The van der Waals surface area contributed by atoms with Gasteiger partial charge < -0.3 is 34.2 Å². The van der Waals surface area contributed by atoms with Gasteiger partial charge in [0.1, 0.15) is 18.1 Å². The van der Waals surface area contributed by atoms with Crippen LogP contribution in [0.4, 0.5) is 10.5 Å². The van der Waals surface area contributed by atoms with E-state index >= 15 is 0 Å². The van der Waals surface area contributed by atoms with E-state index < -0.39 is 19.8 Å². The Kier molecular flexibility index (Phi) is 11.7. The Morgan fingerprint density at radius 2 is 1.74 bits per heavy atom. The smallest absolute Gasteiger partial charge is 0.419 e. The molecule has 12 nitrogen and oxygen atoms in total. The van der Waals surface area contributed by atoms with E-state index in [0.717, 1.165) is 48.9 Å². The number of ether oxygens (including phenoxy) is 3. The molecule has 4 heterocycles. The standard InChI is InChI=1S/C41H55N7O5Si/c1-30-9-11-31(12-10-30)25-47-26-33(24-42-47)39(49)43-34-23-38(52-29-45(27-34)28-51-19-20-54(6,7)8)37-22-32-21-35(46-17-15-44(5)16-18-46)13-14-36(32)48(37)40(50)53-41(2,3)4/h9-14,21-24,26-27H,15-20,25,28-29H2,1-8H3,(H,43,49). The van der Waals surface area contributed by atoms with Crippen molar-refractivity contribution in [1.82, 2.24) is 29.5 Å². The van der Waals surface area contributed by atoms with Crippen LogP contribution in [-0.4, -0.2) is 103 Å². The van der Waals surface area contributed by atoms with Gasteiger partial charge in [0.25, 0.3) is 5.91 Å². The molecule has 1 saturated heterocycles. The average molecular weight is 754 g/mol. The number of fused-ring (bicyclic) bond motifs is 1. The molecule has 288 valence electrons. The topological polar surface area (TPSA) is 106 Å². The maximum Gasteiger partial charge on any atom is 0.419 e. The highest BCUT2D eigenvalue weighted by atomic mass is 28.3. The number of allylic oxidation sites excluding steroid dienone is 1. The first-order valence-electron chi connectivity index (χ1n) is 18.7. The number of hydrogen-bond donors (Lipinski definition) is 1. The third-order valence-corrected chi connectivity index (χ3v) is 11.1. The average Bonchev–Trinajstić information content (AvgIpc) is 3.67. The van der Waals surface area contributed by atoms with Gasteiger partial charge in [0.05, 0.1) is 35.2 Å². The normalized spacial score (nSPS) is 15.8. The summed E-state index contributed by atoms with van der Waals surface area (Å²) in [7, 11) is 0.845. The SMILES string of the molecule is Cc1ccc(Cn2cc(C(=O)NC3=CN(COCC[Si](C)(C)C)COC(c4cc5cc(N6CCN(C)CC6)ccc5n4C(=O)OC(C)(C)C)=C3)cn2)cc1. The molecule has 0 spiro atoms. The quantitative estimate of drug-likeness (QED) is 0.129. The van der Waals surface area contributed by atoms with Crippen LogP contribution in [0, 0.1) is 6.92 Å². The van der Waals surface area contributed by atoms with Gasteiger partial charge in [0.2, 0.25) is 0 Å². The van der Waals surface area contributed by atoms with Gasteiger partial charge in [-0.2, -0.15) is 5.10 Å². The number of rotatable bonds is 11. The highest BCUT2D eigenvalue weighted by Crippen LogP contribution is 2.32. The summed E-state index contributed by atoms with van der Waals surface area (Å²) in [5.41, 5.74) is 4.76. The summed E-state index contributed by atoms with van der Waals surface area (Å²) >= 11 is 0. The second-order valence-electron chi connectivity index (χ2n) is 16.5. The number of amides is 1. The summed E-state index contributed by atoms with van der Waals surface area (Å²) in [6.07, 6.45) is 6.37. The summed E-state index contributed by atoms with van der Waals surface area (Å²) in [5, 5.41) is 8.40. The number of carbonyl (C=O) groups excluding carboxylic acids is 2. The lowest BCUT2D eigenvalue weighted by Crippen LogP contribution is -2.44. The number of aromatic nitrogens is 3. The van der Waals surface area contributed by atoms with Crippen molar-refractivity contribution in [2.24, 2.45) is 0 Å². The number of piperazine rings is 1. The Morgan fingerprint density at radius 1 is 1.00 bits per heavy atom. The molecular formula is C41H55N7O5Si. The van der Waals surface area contributed by atoms with Crippen LogP contribution in [0.1, 0.15) is 48.0 Å². The molecule has 1 amide bonds. The number of benzene rings is 2. The first kappa shape index (κ1) is 38.9. The van der Waals surface area contributed by atoms with Gasteiger partial charge >= 0.3 is 6.09 Å². The highest BCUT2D eigenvalue weighted by molar-refractivity contribution is 6.76. The van der Waals surface area contributed by atoms with E-state index in [2.05, 4.69) is 90.2 Å². The van der Waals surface area contributed by atoms with E-state index in [-0.39, 0.29) is 19.4 Å². The molecule has 1 N–H and O–H groups in total. The largest absolute Gasteiger partial charge is 0.471 e. The van der Waals surface area contributed by atoms with E-state index in [4.69, 9.17) is 14.2 Å². The lowest BCUT2D eigenvalue weighted by Gasteiger charge is -2.34. The first-order chi connectivity index (χ1) is 25.6. The maximum atomic E-state index is 13.9. The molecular weight excluding hydrogens is 699 g/mol. The van der Waals surface area contributed by atoms with Crippen molar-refractivity contribution in [2.75, 3.05) is 58.2 Å². The zero-order valence-electron chi connectivity index (χ0n) is 33.0. The maximum absolute atomic E-state index is 13.9. The number of anilines is 1. The summed E-state index contributed by atoms with van der Waals surface area (Å²) in [6, 6.07) is 17.4. The Hall–Kier alpha value is -4.85. The number of aryl methyl sites for hydroxylation is 1. The fourth-order valence-electron chi connectivity index (χ4n) is 6.26. The summed E-state index contributed by atoms with van der Waals surface area (Å²) in [6.45, 7) is 19.9. The number of nitrogens with one attached hydrogen (secondary N) is 1. The van der Waals surface area contributed by atoms with Crippen molar-refractivity contribution in [1.29, 1.82) is 0 Å². The van der Waals surface area contributed by atoms with Crippen molar-refractivity contribution in [2.45, 2.75) is 65.5 Å². The predicted molar refractivity (Wildman–Crippen MR) is 216 cm³/mol. The number of nitrogens with zero attached hydrogens (tertiary/aromatic N) is 6.